The van der Waals surface area contributed by atoms with Crippen molar-refractivity contribution in [3.8, 4) is 0 Å². The molecule has 114 valence electrons. The highest BCUT2D eigenvalue weighted by Crippen LogP contribution is 2.24. The summed E-state index contributed by atoms with van der Waals surface area (Å²) in [6.45, 7) is 0.409. The van der Waals surface area contributed by atoms with E-state index in [2.05, 4.69) is 10.3 Å². The largest absolute Gasteiger partial charge is 0.326 e. The van der Waals surface area contributed by atoms with Crippen LogP contribution in [-0.4, -0.2) is 27.7 Å². The molecule has 1 N–H and O–H groups in total. The molecule has 1 aromatic heterocycles. The molecule has 0 bridgehead atoms. The van der Waals surface area contributed by atoms with Gasteiger partial charge in [-0.05, 0) is 24.1 Å². The Morgan fingerprint density at radius 2 is 2.18 bits per heavy atom. The fourth-order valence-electron chi connectivity index (χ4n) is 2.46. The summed E-state index contributed by atoms with van der Waals surface area (Å²) in [4.78, 5) is 30.1. The van der Waals surface area contributed by atoms with E-state index in [9.17, 15) is 9.59 Å². The number of halogens is 1. The molecule has 0 radical (unpaired) electrons. The van der Waals surface area contributed by atoms with Crippen LogP contribution in [0.25, 0.3) is 0 Å². The van der Waals surface area contributed by atoms with Crippen LogP contribution in [0.2, 0.25) is 5.02 Å². The number of hydrogen-bond donors (Lipinski definition) is 1. The minimum atomic E-state index is -0.452. The summed E-state index contributed by atoms with van der Waals surface area (Å²) in [7, 11) is 0. The number of nitrogens with one attached hydrogen (secondary N) is 1. The number of likely N-dealkylation sites (tertiary alicyclic amines) is 1. The first-order chi connectivity index (χ1) is 10.6. The number of thiazole rings is 1. The third-order valence-corrected chi connectivity index (χ3v) is 4.50. The average molecular weight is 336 g/mol. The van der Waals surface area contributed by atoms with Gasteiger partial charge in [-0.25, -0.2) is 4.98 Å². The highest BCUT2D eigenvalue weighted by atomic mass is 35.5. The second-order valence-electron chi connectivity index (χ2n) is 5.03. The van der Waals surface area contributed by atoms with Gasteiger partial charge in [0.25, 0.3) is 0 Å². The van der Waals surface area contributed by atoms with Crippen molar-refractivity contribution in [3.63, 3.8) is 0 Å². The number of amides is 2. The Morgan fingerprint density at radius 1 is 1.41 bits per heavy atom. The Balaban J connectivity index is 1.71. The van der Waals surface area contributed by atoms with Crippen molar-refractivity contribution in [2.45, 2.75) is 25.4 Å². The zero-order valence-corrected chi connectivity index (χ0v) is 13.2. The van der Waals surface area contributed by atoms with E-state index in [-0.39, 0.29) is 11.8 Å². The molecule has 3 rings (SSSR count). The minimum absolute atomic E-state index is 0.00533. The van der Waals surface area contributed by atoms with E-state index in [0.29, 0.717) is 29.5 Å². The number of hydrogen-bond acceptors (Lipinski definition) is 4. The second kappa shape index (κ2) is 6.46. The zero-order chi connectivity index (χ0) is 15.5. The highest BCUT2D eigenvalue weighted by molar-refractivity contribution is 7.13. The summed E-state index contributed by atoms with van der Waals surface area (Å²) in [5, 5.41) is 5.75. The molecule has 1 aliphatic heterocycles. The summed E-state index contributed by atoms with van der Waals surface area (Å²) < 4.78 is 0. The van der Waals surface area contributed by atoms with Crippen molar-refractivity contribution >= 4 is 39.9 Å². The van der Waals surface area contributed by atoms with Gasteiger partial charge >= 0.3 is 0 Å². The lowest BCUT2D eigenvalue weighted by Crippen LogP contribution is -2.41. The van der Waals surface area contributed by atoms with Crippen LogP contribution >= 0.6 is 22.9 Å². The summed E-state index contributed by atoms with van der Waals surface area (Å²) >= 11 is 7.22. The minimum Gasteiger partial charge on any atom is -0.326 e. The fourth-order valence-corrected chi connectivity index (χ4v) is 3.12. The van der Waals surface area contributed by atoms with Crippen molar-refractivity contribution in [3.05, 3.63) is 46.4 Å². The van der Waals surface area contributed by atoms with Crippen LogP contribution in [0.4, 0.5) is 5.13 Å². The maximum atomic E-state index is 12.4. The van der Waals surface area contributed by atoms with E-state index in [4.69, 9.17) is 11.6 Å². The van der Waals surface area contributed by atoms with Crippen LogP contribution < -0.4 is 5.32 Å². The maximum Gasteiger partial charge on any atom is 0.248 e. The van der Waals surface area contributed by atoms with Crippen molar-refractivity contribution in [1.29, 1.82) is 0 Å². The Morgan fingerprint density at radius 3 is 2.86 bits per heavy atom. The van der Waals surface area contributed by atoms with Gasteiger partial charge in [-0.1, -0.05) is 23.7 Å². The fraction of sp³-hybridized carbons (Fsp3) is 0.267. The summed E-state index contributed by atoms with van der Waals surface area (Å²) in [6.07, 6.45) is 2.55. The topological polar surface area (TPSA) is 62.3 Å². The maximum absolute atomic E-state index is 12.4. The lowest BCUT2D eigenvalue weighted by Gasteiger charge is -2.23. The van der Waals surface area contributed by atoms with Crippen molar-refractivity contribution < 1.29 is 9.59 Å². The first-order valence-electron chi connectivity index (χ1n) is 6.88. The van der Waals surface area contributed by atoms with E-state index in [1.165, 1.54) is 11.3 Å². The number of rotatable bonds is 4. The standard InChI is InChI=1S/C15H14ClN3O2S/c16-11-3-1-10(2-4-11)9-19-12(5-6-13(19)20)14(21)18-15-17-7-8-22-15/h1-4,7-8,12H,5-6,9H2,(H,17,18,21)/t12-/m1/s1. The Labute approximate surface area is 136 Å². The Bertz CT molecular complexity index is 673. The van der Waals surface area contributed by atoms with Gasteiger partial charge in [-0.2, -0.15) is 0 Å². The van der Waals surface area contributed by atoms with Crippen LogP contribution in [0.3, 0.4) is 0 Å². The molecule has 0 aliphatic carbocycles. The summed E-state index contributed by atoms with van der Waals surface area (Å²) in [5.41, 5.74) is 0.951. The molecule has 2 amide bonds. The smallest absolute Gasteiger partial charge is 0.248 e. The molecule has 1 aromatic carbocycles. The molecule has 22 heavy (non-hydrogen) atoms. The van der Waals surface area contributed by atoms with Gasteiger partial charge in [0.1, 0.15) is 6.04 Å². The van der Waals surface area contributed by atoms with Gasteiger partial charge in [0.05, 0.1) is 0 Å². The van der Waals surface area contributed by atoms with Gasteiger partial charge < -0.3 is 10.2 Å². The van der Waals surface area contributed by atoms with Crippen LogP contribution in [0, 0.1) is 0 Å². The Kier molecular flexibility index (Phi) is 4.40. The molecule has 5 nitrogen and oxygen atoms in total. The molecule has 1 saturated heterocycles. The van der Waals surface area contributed by atoms with Crippen LogP contribution in [0.5, 0.6) is 0 Å². The third-order valence-electron chi connectivity index (χ3n) is 3.56. The predicted octanol–water partition coefficient (Wildman–Crippen LogP) is 2.93. The van der Waals surface area contributed by atoms with E-state index in [0.717, 1.165) is 5.56 Å². The molecule has 1 aliphatic rings. The monoisotopic (exact) mass is 335 g/mol. The Hall–Kier alpha value is -1.92. The SMILES string of the molecule is O=C(Nc1nccs1)[C@H]1CCC(=O)N1Cc1ccc(Cl)cc1. The van der Waals surface area contributed by atoms with Gasteiger partial charge in [-0.15, -0.1) is 11.3 Å². The first-order valence-corrected chi connectivity index (χ1v) is 8.13. The molecule has 0 unspecified atom stereocenters. The summed E-state index contributed by atoms with van der Waals surface area (Å²) in [5.74, 6) is -0.191. The lowest BCUT2D eigenvalue weighted by atomic mass is 10.1. The molecular formula is C15H14ClN3O2S. The normalized spacial score (nSPS) is 17.8. The van der Waals surface area contributed by atoms with E-state index >= 15 is 0 Å². The molecule has 0 saturated carbocycles. The van der Waals surface area contributed by atoms with Gasteiger partial charge in [0.2, 0.25) is 11.8 Å². The number of benzene rings is 1. The lowest BCUT2D eigenvalue weighted by molar-refractivity contribution is -0.133. The number of nitrogens with zero attached hydrogens (tertiary/aromatic N) is 2. The molecule has 7 heteroatoms. The molecule has 2 aromatic rings. The first kappa shape index (κ1) is 15.0. The zero-order valence-electron chi connectivity index (χ0n) is 11.7. The van der Waals surface area contributed by atoms with Crippen LogP contribution in [0.15, 0.2) is 35.8 Å². The molecule has 1 fully saturated rings. The number of anilines is 1. The molecule has 1 atom stereocenters. The number of carbonyl (C=O) groups excluding carboxylic acids is 2. The van der Waals surface area contributed by atoms with Gasteiger partial charge in [-0.3, -0.25) is 9.59 Å². The van der Waals surface area contributed by atoms with Crippen molar-refractivity contribution in [2.75, 3.05) is 5.32 Å². The second-order valence-corrected chi connectivity index (χ2v) is 6.36. The molecule has 0 spiro atoms. The van der Waals surface area contributed by atoms with Crippen LogP contribution in [0.1, 0.15) is 18.4 Å². The van der Waals surface area contributed by atoms with Gasteiger partial charge in [0.15, 0.2) is 5.13 Å². The highest BCUT2D eigenvalue weighted by Gasteiger charge is 2.36. The summed E-state index contributed by atoms with van der Waals surface area (Å²) in [6, 6.07) is 6.84. The van der Waals surface area contributed by atoms with E-state index in [1.54, 1.807) is 28.6 Å². The third kappa shape index (κ3) is 3.28. The van der Waals surface area contributed by atoms with Gasteiger partial charge in [0, 0.05) is 29.6 Å². The molecular weight excluding hydrogens is 322 g/mol. The van der Waals surface area contributed by atoms with Crippen LogP contribution in [-0.2, 0) is 16.1 Å². The molecule has 2 heterocycles. The van der Waals surface area contributed by atoms with E-state index < -0.39 is 6.04 Å². The number of aromatic nitrogens is 1. The van der Waals surface area contributed by atoms with Crippen molar-refractivity contribution in [1.82, 2.24) is 9.88 Å². The predicted molar refractivity (Wildman–Crippen MR) is 85.8 cm³/mol. The average Bonchev–Trinajstić information content (AvgIpc) is 3.12. The quantitative estimate of drug-likeness (QED) is 0.934. The number of carbonyl (C=O) groups is 2. The van der Waals surface area contributed by atoms with Crippen molar-refractivity contribution in [2.24, 2.45) is 0 Å². The van der Waals surface area contributed by atoms with E-state index in [1.807, 2.05) is 12.1 Å².